The van der Waals surface area contributed by atoms with E-state index >= 15 is 0 Å². The highest BCUT2D eigenvalue weighted by molar-refractivity contribution is 5.39. The first-order valence-electron chi connectivity index (χ1n) is 14.2. The van der Waals surface area contributed by atoms with Crippen LogP contribution in [0, 0.1) is 50.2 Å². The third kappa shape index (κ3) is 2.90. The standard InChI is InChI=1S/C30H50O6/c1-25(2)13-17-16-8-9-18-27(5)11-10-20(32)26(3,4)19(27)12-21(33)29(18,7)28(16,6)23(35)24(36)30(17,15-31)22(34)14-25/h8,17-24,31-36H,9-15H2,1-7H3/t17-,18+,19-,20-,21-,22-,23-,24+,27+,28-,29-,30+/m0/s1. The predicted octanol–water partition coefficient (Wildman–Crippen LogP) is 3.02. The SMILES string of the molecule is CC1(C)C[C@H](O)[C@]2(CO)[C@H](O)[C@H](O)[C@]3(C)C(=CC[C@@H]4[C@@]5(C)CC[C@H](O)C(C)(C)[C@@H]5C[C@H](O)[C@]43C)[C@@H]2C1. The number of allylic oxidation sites excluding steroid dienone is 1. The van der Waals surface area contributed by atoms with E-state index in [-0.39, 0.29) is 34.0 Å². The van der Waals surface area contributed by atoms with Gasteiger partial charge in [-0.3, -0.25) is 0 Å². The zero-order valence-corrected chi connectivity index (χ0v) is 23.3. The average molecular weight is 507 g/mol. The molecule has 0 saturated heterocycles. The normalized spacial score (nSPS) is 57.5. The van der Waals surface area contributed by atoms with Gasteiger partial charge in [-0.05, 0) is 72.5 Å². The lowest BCUT2D eigenvalue weighted by Gasteiger charge is -2.74. The van der Waals surface area contributed by atoms with Crippen molar-refractivity contribution in [1.82, 2.24) is 0 Å². The first-order valence-corrected chi connectivity index (χ1v) is 14.2. The number of hydrogen-bond acceptors (Lipinski definition) is 6. The minimum absolute atomic E-state index is 0.0595. The van der Waals surface area contributed by atoms with Crippen molar-refractivity contribution in [2.24, 2.45) is 50.2 Å². The summed E-state index contributed by atoms with van der Waals surface area (Å²) < 4.78 is 0. The van der Waals surface area contributed by atoms with E-state index in [1.54, 1.807) is 0 Å². The fraction of sp³-hybridized carbons (Fsp3) is 0.933. The van der Waals surface area contributed by atoms with Gasteiger partial charge < -0.3 is 30.6 Å². The fourth-order valence-corrected chi connectivity index (χ4v) is 10.9. The number of aliphatic hydroxyl groups is 6. The number of hydrogen-bond donors (Lipinski definition) is 6. The summed E-state index contributed by atoms with van der Waals surface area (Å²) >= 11 is 0. The first-order chi connectivity index (χ1) is 16.5. The number of fused-ring (bicyclic) bond motifs is 7. The zero-order valence-electron chi connectivity index (χ0n) is 23.3. The maximum atomic E-state index is 12.0. The van der Waals surface area contributed by atoms with Crippen LogP contribution >= 0.6 is 0 Å². The van der Waals surface area contributed by atoms with Gasteiger partial charge in [0.15, 0.2) is 0 Å². The van der Waals surface area contributed by atoms with E-state index < -0.39 is 53.4 Å². The van der Waals surface area contributed by atoms with Gasteiger partial charge in [-0.1, -0.05) is 60.1 Å². The summed E-state index contributed by atoms with van der Waals surface area (Å²) in [5, 5.41) is 68.7. The van der Waals surface area contributed by atoms with Gasteiger partial charge in [0, 0.05) is 10.8 Å². The van der Waals surface area contributed by atoms with Crippen molar-refractivity contribution in [3.8, 4) is 0 Å². The number of rotatable bonds is 1. The Bertz CT molecular complexity index is 944. The van der Waals surface area contributed by atoms with Gasteiger partial charge in [0.25, 0.3) is 0 Å². The summed E-state index contributed by atoms with van der Waals surface area (Å²) in [6.45, 7) is 14.6. The van der Waals surface area contributed by atoms with Gasteiger partial charge in [-0.2, -0.15) is 0 Å². The minimum Gasteiger partial charge on any atom is -0.396 e. The molecule has 5 rings (SSSR count). The molecule has 0 unspecified atom stereocenters. The molecule has 5 aliphatic rings. The van der Waals surface area contributed by atoms with Gasteiger partial charge >= 0.3 is 0 Å². The summed E-state index contributed by atoms with van der Waals surface area (Å²) in [4.78, 5) is 0. The summed E-state index contributed by atoms with van der Waals surface area (Å²) in [5.74, 6) is -0.0907. The molecule has 4 saturated carbocycles. The van der Waals surface area contributed by atoms with Crippen LogP contribution < -0.4 is 0 Å². The second kappa shape index (κ2) is 7.79. The molecule has 4 fully saturated rings. The fourth-order valence-electron chi connectivity index (χ4n) is 10.9. The Balaban J connectivity index is 1.70. The second-order valence-electron chi connectivity index (χ2n) is 15.4. The van der Waals surface area contributed by atoms with Gasteiger partial charge in [-0.25, -0.2) is 0 Å². The maximum Gasteiger partial charge on any atom is 0.0916 e. The summed E-state index contributed by atoms with van der Waals surface area (Å²) in [7, 11) is 0. The lowest BCUT2D eigenvalue weighted by molar-refractivity contribution is -0.292. The quantitative estimate of drug-likeness (QED) is 0.304. The van der Waals surface area contributed by atoms with E-state index in [1.165, 1.54) is 0 Å². The molecule has 0 bridgehead atoms. The van der Waals surface area contributed by atoms with Crippen molar-refractivity contribution in [2.75, 3.05) is 6.61 Å². The highest BCUT2D eigenvalue weighted by Crippen LogP contribution is 2.75. The summed E-state index contributed by atoms with van der Waals surface area (Å²) in [5.41, 5.74) is -2.49. The van der Waals surface area contributed by atoms with Crippen molar-refractivity contribution in [3.05, 3.63) is 11.6 Å². The molecule has 0 aromatic heterocycles. The Hall–Kier alpha value is -0.500. The smallest absolute Gasteiger partial charge is 0.0916 e. The molecule has 0 radical (unpaired) electrons. The maximum absolute atomic E-state index is 12.0. The van der Waals surface area contributed by atoms with Crippen LogP contribution in [-0.4, -0.2) is 67.8 Å². The van der Waals surface area contributed by atoms with Gasteiger partial charge in [0.1, 0.15) is 0 Å². The molecule has 0 amide bonds. The Morgan fingerprint density at radius 2 is 1.44 bits per heavy atom. The zero-order chi connectivity index (χ0) is 26.9. The van der Waals surface area contributed by atoms with Crippen LogP contribution in [0.1, 0.15) is 87.0 Å². The molecule has 0 aliphatic heterocycles. The molecule has 36 heavy (non-hydrogen) atoms. The molecule has 0 aromatic rings. The van der Waals surface area contributed by atoms with Crippen LogP contribution in [0.2, 0.25) is 0 Å². The monoisotopic (exact) mass is 506 g/mol. The lowest BCUT2D eigenvalue weighted by Crippen LogP contribution is -2.76. The Morgan fingerprint density at radius 1 is 0.806 bits per heavy atom. The van der Waals surface area contributed by atoms with Crippen molar-refractivity contribution >= 4 is 0 Å². The van der Waals surface area contributed by atoms with Crippen molar-refractivity contribution in [1.29, 1.82) is 0 Å². The molecule has 0 spiro atoms. The van der Waals surface area contributed by atoms with E-state index in [9.17, 15) is 30.6 Å². The Labute approximate surface area is 216 Å². The second-order valence-corrected chi connectivity index (χ2v) is 15.4. The molecule has 0 aromatic carbocycles. The molecule has 206 valence electrons. The highest BCUT2D eigenvalue weighted by atomic mass is 16.3. The first kappa shape index (κ1) is 27.1. The molecule has 6 heteroatoms. The van der Waals surface area contributed by atoms with Crippen LogP contribution in [0.25, 0.3) is 0 Å². The van der Waals surface area contributed by atoms with E-state index in [1.807, 2.05) is 6.92 Å². The molecular formula is C30H50O6. The van der Waals surface area contributed by atoms with E-state index in [2.05, 4.69) is 47.6 Å². The van der Waals surface area contributed by atoms with Crippen molar-refractivity contribution < 1.29 is 30.6 Å². The average Bonchev–Trinajstić information content (AvgIpc) is 2.78. The molecule has 0 heterocycles. The van der Waals surface area contributed by atoms with Crippen LogP contribution in [0.3, 0.4) is 0 Å². The summed E-state index contributed by atoms with van der Waals surface area (Å²) in [6, 6.07) is 0. The number of aliphatic hydroxyl groups excluding tert-OH is 6. The highest BCUT2D eigenvalue weighted by Gasteiger charge is 2.75. The predicted molar refractivity (Wildman–Crippen MR) is 138 cm³/mol. The third-order valence-electron chi connectivity index (χ3n) is 13.3. The molecule has 6 nitrogen and oxygen atoms in total. The third-order valence-corrected chi connectivity index (χ3v) is 13.3. The van der Waals surface area contributed by atoms with Gasteiger partial charge in [-0.15, -0.1) is 0 Å². The lowest BCUT2D eigenvalue weighted by atomic mass is 9.32. The van der Waals surface area contributed by atoms with E-state index in [0.29, 0.717) is 19.3 Å². The Kier molecular flexibility index (Phi) is 5.86. The van der Waals surface area contributed by atoms with Crippen LogP contribution in [0.5, 0.6) is 0 Å². The van der Waals surface area contributed by atoms with Crippen molar-refractivity contribution in [3.63, 3.8) is 0 Å². The molecular weight excluding hydrogens is 456 g/mol. The van der Waals surface area contributed by atoms with Crippen LogP contribution in [-0.2, 0) is 0 Å². The largest absolute Gasteiger partial charge is 0.396 e. The van der Waals surface area contributed by atoms with Gasteiger partial charge in [0.2, 0.25) is 0 Å². The minimum atomic E-state index is -1.31. The van der Waals surface area contributed by atoms with Crippen molar-refractivity contribution in [2.45, 2.75) is 118 Å². The summed E-state index contributed by atoms with van der Waals surface area (Å²) in [6.07, 6.45) is 1.67. The molecule has 5 aliphatic carbocycles. The van der Waals surface area contributed by atoms with E-state index in [4.69, 9.17) is 0 Å². The van der Waals surface area contributed by atoms with Gasteiger partial charge in [0.05, 0.1) is 42.5 Å². The molecule has 6 N–H and O–H groups in total. The van der Waals surface area contributed by atoms with Crippen LogP contribution in [0.4, 0.5) is 0 Å². The topological polar surface area (TPSA) is 121 Å². The molecule has 12 atom stereocenters. The van der Waals surface area contributed by atoms with E-state index in [0.717, 1.165) is 24.8 Å². The Morgan fingerprint density at radius 3 is 2.06 bits per heavy atom. The van der Waals surface area contributed by atoms with Crippen LogP contribution in [0.15, 0.2) is 11.6 Å².